The summed E-state index contributed by atoms with van der Waals surface area (Å²) < 4.78 is 30.7. The lowest BCUT2D eigenvalue weighted by molar-refractivity contribution is 0.0000951. The molecule has 86 valence electrons. The molecule has 14 heavy (non-hydrogen) atoms. The van der Waals surface area contributed by atoms with Crippen LogP contribution >= 0.6 is 0 Å². The molecule has 0 bridgehead atoms. The van der Waals surface area contributed by atoms with Crippen LogP contribution < -0.4 is 4.72 Å². The van der Waals surface area contributed by atoms with E-state index in [1.54, 1.807) is 20.8 Å². The standard InChI is InChI=1S/C9H21NO3S/c1-5-7-13-9(3,4)8-14(11,12)10-6-2/h10H,5-8H2,1-4H3. The van der Waals surface area contributed by atoms with Gasteiger partial charge in [0.15, 0.2) is 0 Å². The average Bonchev–Trinajstić information content (AvgIpc) is 1.98. The average molecular weight is 223 g/mol. The third kappa shape index (κ3) is 6.34. The van der Waals surface area contributed by atoms with Crippen molar-refractivity contribution in [3.05, 3.63) is 0 Å². The summed E-state index contributed by atoms with van der Waals surface area (Å²) >= 11 is 0. The Morgan fingerprint density at radius 1 is 1.29 bits per heavy atom. The molecular formula is C9H21NO3S. The van der Waals surface area contributed by atoms with Gasteiger partial charge in [-0.25, -0.2) is 13.1 Å². The minimum Gasteiger partial charge on any atom is -0.374 e. The first-order valence-electron chi connectivity index (χ1n) is 4.94. The molecule has 0 rings (SSSR count). The second-order valence-electron chi connectivity index (χ2n) is 3.87. The zero-order valence-electron chi connectivity index (χ0n) is 9.46. The lowest BCUT2D eigenvalue weighted by Crippen LogP contribution is -2.39. The van der Waals surface area contributed by atoms with E-state index < -0.39 is 15.6 Å². The summed E-state index contributed by atoms with van der Waals surface area (Å²) in [6.07, 6.45) is 0.894. The minimum absolute atomic E-state index is 0.00778. The van der Waals surface area contributed by atoms with Crippen molar-refractivity contribution in [3.8, 4) is 0 Å². The van der Waals surface area contributed by atoms with E-state index in [0.29, 0.717) is 13.2 Å². The van der Waals surface area contributed by atoms with Crippen molar-refractivity contribution < 1.29 is 13.2 Å². The predicted octanol–water partition coefficient (Wildman–Crippen LogP) is 1.13. The SMILES string of the molecule is CCCOC(C)(C)CS(=O)(=O)NCC. The lowest BCUT2D eigenvalue weighted by atomic mass is 10.2. The third-order valence-electron chi connectivity index (χ3n) is 1.60. The van der Waals surface area contributed by atoms with Gasteiger partial charge in [-0.3, -0.25) is 0 Å². The molecule has 0 aliphatic carbocycles. The molecule has 4 nitrogen and oxygen atoms in total. The summed E-state index contributed by atoms with van der Waals surface area (Å²) in [4.78, 5) is 0. The third-order valence-corrected chi connectivity index (χ3v) is 3.40. The predicted molar refractivity (Wildman–Crippen MR) is 57.8 cm³/mol. The van der Waals surface area contributed by atoms with Crippen molar-refractivity contribution in [2.24, 2.45) is 0 Å². The van der Waals surface area contributed by atoms with Gasteiger partial charge in [-0.2, -0.15) is 0 Å². The summed E-state index contributed by atoms with van der Waals surface area (Å²) in [6.45, 7) is 8.35. The Hall–Kier alpha value is -0.130. The number of nitrogens with one attached hydrogen (secondary N) is 1. The van der Waals surface area contributed by atoms with Crippen LogP contribution in [0.15, 0.2) is 0 Å². The Morgan fingerprint density at radius 3 is 2.29 bits per heavy atom. The van der Waals surface area contributed by atoms with Crippen LogP contribution in [0, 0.1) is 0 Å². The van der Waals surface area contributed by atoms with Gasteiger partial charge in [0.1, 0.15) is 0 Å². The first-order chi connectivity index (χ1) is 6.33. The highest BCUT2D eigenvalue weighted by atomic mass is 32.2. The molecular weight excluding hydrogens is 202 g/mol. The Balaban J connectivity index is 4.20. The van der Waals surface area contributed by atoms with Gasteiger partial charge < -0.3 is 4.74 Å². The van der Waals surface area contributed by atoms with Gasteiger partial charge in [-0.05, 0) is 20.3 Å². The molecule has 0 spiro atoms. The molecule has 0 atom stereocenters. The van der Waals surface area contributed by atoms with Gasteiger partial charge in [0.05, 0.1) is 11.4 Å². The monoisotopic (exact) mass is 223 g/mol. The fourth-order valence-corrected chi connectivity index (χ4v) is 2.69. The van der Waals surface area contributed by atoms with Gasteiger partial charge in [0.2, 0.25) is 10.0 Å². The van der Waals surface area contributed by atoms with Crippen LogP contribution in [-0.2, 0) is 14.8 Å². The molecule has 1 N–H and O–H groups in total. The molecule has 0 amide bonds. The van der Waals surface area contributed by atoms with E-state index in [4.69, 9.17) is 4.74 Å². The van der Waals surface area contributed by atoms with Gasteiger partial charge in [0.25, 0.3) is 0 Å². The number of hydrogen-bond donors (Lipinski definition) is 1. The van der Waals surface area contributed by atoms with Crippen LogP contribution in [0.1, 0.15) is 34.1 Å². The molecule has 0 aromatic carbocycles. The maximum absolute atomic E-state index is 11.4. The molecule has 0 heterocycles. The summed E-state index contributed by atoms with van der Waals surface area (Å²) in [5.74, 6) is 0.00778. The second-order valence-corrected chi connectivity index (χ2v) is 5.67. The Labute approximate surface area is 87.1 Å². The fraction of sp³-hybridized carbons (Fsp3) is 1.00. The van der Waals surface area contributed by atoms with E-state index in [1.807, 2.05) is 6.92 Å². The van der Waals surface area contributed by atoms with Crippen LogP contribution in [0.5, 0.6) is 0 Å². The van der Waals surface area contributed by atoms with E-state index in [-0.39, 0.29) is 5.75 Å². The minimum atomic E-state index is -3.19. The van der Waals surface area contributed by atoms with Gasteiger partial charge >= 0.3 is 0 Å². The Kier molecular flexibility index (Phi) is 5.63. The van der Waals surface area contributed by atoms with Crippen molar-refractivity contribution in [1.82, 2.24) is 4.72 Å². The molecule has 0 unspecified atom stereocenters. The van der Waals surface area contributed by atoms with Crippen LogP contribution in [0.25, 0.3) is 0 Å². The topological polar surface area (TPSA) is 55.4 Å². The molecule has 0 aromatic heterocycles. The van der Waals surface area contributed by atoms with Crippen LogP contribution in [-0.4, -0.2) is 32.9 Å². The summed E-state index contributed by atoms with van der Waals surface area (Å²) in [5, 5.41) is 0. The van der Waals surface area contributed by atoms with E-state index in [9.17, 15) is 8.42 Å². The number of hydrogen-bond acceptors (Lipinski definition) is 3. The molecule has 0 saturated heterocycles. The summed E-state index contributed by atoms with van der Waals surface area (Å²) in [6, 6.07) is 0. The Morgan fingerprint density at radius 2 is 1.86 bits per heavy atom. The van der Waals surface area contributed by atoms with Crippen molar-refractivity contribution >= 4 is 10.0 Å². The van der Waals surface area contributed by atoms with Crippen LogP contribution in [0.4, 0.5) is 0 Å². The zero-order chi connectivity index (χ0) is 11.2. The van der Waals surface area contributed by atoms with Crippen LogP contribution in [0.3, 0.4) is 0 Å². The summed E-state index contributed by atoms with van der Waals surface area (Å²) in [5.41, 5.74) is -0.614. The van der Waals surface area contributed by atoms with Crippen molar-refractivity contribution in [3.63, 3.8) is 0 Å². The van der Waals surface area contributed by atoms with Crippen molar-refractivity contribution in [1.29, 1.82) is 0 Å². The molecule has 0 fully saturated rings. The van der Waals surface area contributed by atoms with E-state index in [1.165, 1.54) is 0 Å². The lowest BCUT2D eigenvalue weighted by Gasteiger charge is -2.24. The number of ether oxygens (including phenoxy) is 1. The van der Waals surface area contributed by atoms with E-state index in [2.05, 4.69) is 4.72 Å². The first kappa shape index (κ1) is 13.9. The highest BCUT2D eigenvalue weighted by Crippen LogP contribution is 2.12. The molecule has 0 aromatic rings. The number of rotatable bonds is 7. The highest BCUT2D eigenvalue weighted by molar-refractivity contribution is 7.89. The second kappa shape index (κ2) is 5.68. The van der Waals surface area contributed by atoms with E-state index in [0.717, 1.165) is 6.42 Å². The molecule has 0 saturated carbocycles. The quantitative estimate of drug-likeness (QED) is 0.704. The molecule has 0 radical (unpaired) electrons. The first-order valence-corrected chi connectivity index (χ1v) is 6.59. The normalized spacial score (nSPS) is 13.1. The van der Waals surface area contributed by atoms with Crippen LogP contribution in [0.2, 0.25) is 0 Å². The van der Waals surface area contributed by atoms with E-state index >= 15 is 0 Å². The van der Waals surface area contributed by atoms with Gasteiger partial charge in [-0.15, -0.1) is 0 Å². The largest absolute Gasteiger partial charge is 0.374 e. The number of sulfonamides is 1. The fourth-order valence-electron chi connectivity index (χ4n) is 1.15. The molecule has 0 aliphatic rings. The zero-order valence-corrected chi connectivity index (χ0v) is 10.3. The molecule has 0 aliphatic heterocycles. The van der Waals surface area contributed by atoms with Gasteiger partial charge in [0, 0.05) is 13.2 Å². The summed E-state index contributed by atoms with van der Waals surface area (Å²) in [7, 11) is -3.19. The van der Waals surface area contributed by atoms with Gasteiger partial charge in [-0.1, -0.05) is 13.8 Å². The highest BCUT2D eigenvalue weighted by Gasteiger charge is 2.25. The van der Waals surface area contributed by atoms with Crippen molar-refractivity contribution in [2.75, 3.05) is 18.9 Å². The maximum atomic E-state index is 11.4. The molecule has 5 heteroatoms. The van der Waals surface area contributed by atoms with Crippen molar-refractivity contribution in [2.45, 2.75) is 39.7 Å². The smallest absolute Gasteiger partial charge is 0.214 e. The maximum Gasteiger partial charge on any atom is 0.214 e. The Bertz CT molecular complexity index is 247.